The summed E-state index contributed by atoms with van der Waals surface area (Å²) < 4.78 is 15.5. The Morgan fingerprint density at radius 2 is 2.05 bits per heavy atom. The number of halogens is 1. The van der Waals surface area contributed by atoms with Crippen LogP contribution in [0.3, 0.4) is 0 Å². The van der Waals surface area contributed by atoms with E-state index < -0.39 is 0 Å². The molecule has 1 aromatic heterocycles. The third-order valence-corrected chi connectivity index (χ3v) is 3.35. The van der Waals surface area contributed by atoms with E-state index in [1.165, 1.54) is 12.1 Å². The van der Waals surface area contributed by atoms with Crippen molar-refractivity contribution in [2.24, 2.45) is 5.92 Å². The molecule has 0 saturated heterocycles. The van der Waals surface area contributed by atoms with Gasteiger partial charge in [0.1, 0.15) is 5.82 Å². The van der Waals surface area contributed by atoms with Crippen molar-refractivity contribution < 1.29 is 4.39 Å². The Balaban J connectivity index is 2.36. The Labute approximate surface area is 111 Å². The minimum Gasteiger partial charge on any atom is -0.399 e. The summed E-state index contributed by atoms with van der Waals surface area (Å²) in [5.41, 5.74) is 6.53. The van der Waals surface area contributed by atoms with Crippen molar-refractivity contribution in [1.29, 1.82) is 0 Å². The lowest BCUT2D eigenvalue weighted by Crippen LogP contribution is -2.12. The third-order valence-electron chi connectivity index (χ3n) is 3.35. The van der Waals surface area contributed by atoms with Crippen molar-refractivity contribution in [3.63, 3.8) is 0 Å². The lowest BCUT2D eigenvalue weighted by molar-refractivity contribution is 0.392. The molecule has 2 rings (SSSR count). The van der Waals surface area contributed by atoms with Crippen molar-refractivity contribution in [1.82, 2.24) is 20.2 Å². The Hall–Kier alpha value is -1.98. The van der Waals surface area contributed by atoms with Crippen LogP contribution >= 0.6 is 0 Å². The number of nitrogens with zero attached hydrogens (tertiary/aromatic N) is 4. The van der Waals surface area contributed by atoms with Gasteiger partial charge in [-0.15, -0.1) is 5.10 Å². The van der Waals surface area contributed by atoms with Crippen LogP contribution in [0.4, 0.5) is 10.1 Å². The molecule has 0 bridgehead atoms. The largest absolute Gasteiger partial charge is 0.399 e. The molecule has 2 aromatic rings. The molecule has 2 N–H and O–H groups in total. The van der Waals surface area contributed by atoms with E-state index >= 15 is 0 Å². The van der Waals surface area contributed by atoms with E-state index in [1.54, 1.807) is 10.7 Å². The second-order valence-corrected chi connectivity index (χ2v) is 4.61. The summed E-state index contributed by atoms with van der Waals surface area (Å²) in [5, 5.41) is 11.5. The molecule has 0 atom stereocenters. The average Bonchev–Trinajstić information content (AvgIpc) is 2.86. The molecule has 102 valence electrons. The summed E-state index contributed by atoms with van der Waals surface area (Å²) >= 11 is 0. The van der Waals surface area contributed by atoms with Gasteiger partial charge in [0.25, 0.3) is 0 Å². The van der Waals surface area contributed by atoms with Crippen LogP contribution in [0.2, 0.25) is 0 Å². The first kappa shape index (κ1) is 13.5. The zero-order valence-corrected chi connectivity index (χ0v) is 11.2. The van der Waals surface area contributed by atoms with Crippen molar-refractivity contribution >= 4 is 5.69 Å². The first-order chi connectivity index (χ1) is 9.15. The smallest absolute Gasteiger partial charge is 0.185 e. The molecule has 0 fully saturated rings. The van der Waals surface area contributed by atoms with Crippen LogP contribution in [-0.4, -0.2) is 20.2 Å². The van der Waals surface area contributed by atoms with Gasteiger partial charge in [-0.2, -0.15) is 0 Å². The number of hydrogen-bond donors (Lipinski definition) is 1. The summed E-state index contributed by atoms with van der Waals surface area (Å²) in [6, 6.07) is 4.42. The maximum atomic E-state index is 13.8. The molecule has 1 heterocycles. The number of nitrogens with two attached hydrogens (primary N) is 1. The summed E-state index contributed by atoms with van der Waals surface area (Å²) in [4.78, 5) is 0. The van der Waals surface area contributed by atoms with Crippen LogP contribution < -0.4 is 5.73 Å². The van der Waals surface area contributed by atoms with Crippen molar-refractivity contribution in [2.75, 3.05) is 5.73 Å². The fraction of sp³-hybridized carbons (Fsp3) is 0.462. The molecule has 19 heavy (non-hydrogen) atoms. The van der Waals surface area contributed by atoms with Crippen molar-refractivity contribution in [3.8, 4) is 11.4 Å². The highest BCUT2D eigenvalue weighted by molar-refractivity contribution is 5.61. The normalized spacial score (nSPS) is 11.2. The van der Waals surface area contributed by atoms with E-state index in [1.807, 2.05) is 0 Å². The summed E-state index contributed by atoms with van der Waals surface area (Å²) in [7, 11) is 0. The van der Waals surface area contributed by atoms with E-state index in [-0.39, 0.29) is 5.82 Å². The monoisotopic (exact) mass is 263 g/mol. The zero-order chi connectivity index (χ0) is 13.8. The van der Waals surface area contributed by atoms with Gasteiger partial charge < -0.3 is 5.73 Å². The quantitative estimate of drug-likeness (QED) is 0.841. The van der Waals surface area contributed by atoms with Gasteiger partial charge >= 0.3 is 0 Å². The molecule has 1 aromatic carbocycles. The highest BCUT2D eigenvalue weighted by Gasteiger charge is 2.16. The molecule has 0 amide bonds. The van der Waals surface area contributed by atoms with Crippen LogP contribution in [0.1, 0.15) is 26.7 Å². The number of rotatable bonds is 5. The van der Waals surface area contributed by atoms with Crippen LogP contribution in [0.25, 0.3) is 11.4 Å². The van der Waals surface area contributed by atoms with Gasteiger partial charge in [0.15, 0.2) is 5.82 Å². The summed E-state index contributed by atoms with van der Waals surface area (Å²) in [6.45, 7) is 4.93. The molecule has 6 heteroatoms. The van der Waals surface area contributed by atoms with E-state index in [0.29, 0.717) is 29.5 Å². The predicted molar refractivity (Wildman–Crippen MR) is 71.7 cm³/mol. The molecular weight excluding hydrogens is 245 g/mol. The van der Waals surface area contributed by atoms with Gasteiger partial charge in [0.05, 0.1) is 5.56 Å². The van der Waals surface area contributed by atoms with Gasteiger partial charge in [-0.25, -0.2) is 9.07 Å². The van der Waals surface area contributed by atoms with Crippen molar-refractivity contribution in [3.05, 3.63) is 24.0 Å². The SMILES string of the molecule is CCC(CC)Cn1nnnc1-c1cc(N)ccc1F. The number of anilines is 1. The van der Waals surface area contributed by atoms with Crippen LogP contribution in [0.5, 0.6) is 0 Å². The molecule has 0 aliphatic carbocycles. The van der Waals surface area contributed by atoms with Gasteiger partial charge in [-0.05, 0) is 34.5 Å². The second-order valence-electron chi connectivity index (χ2n) is 4.61. The van der Waals surface area contributed by atoms with Gasteiger partial charge in [0.2, 0.25) is 0 Å². The van der Waals surface area contributed by atoms with Crippen LogP contribution in [0, 0.1) is 11.7 Å². The van der Waals surface area contributed by atoms with Crippen molar-refractivity contribution in [2.45, 2.75) is 33.2 Å². The maximum absolute atomic E-state index is 13.8. The fourth-order valence-corrected chi connectivity index (χ4v) is 2.03. The van der Waals surface area contributed by atoms with Gasteiger partial charge in [0, 0.05) is 12.2 Å². The van der Waals surface area contributed by atoms with E-state index in [9.17, 15) is 4.39 Å². The van der Waals surface area contributed by atoms with E-state index in [2.05, 4.69) is 29.4 Å². The lowest BCUT2D eigenvalue weighted by Gasteiger charge is -2.13. The Morgan fingerprint density at radius 3 is 2.74 bits per heavy atom. The highest BCUT2D eigenvalue weighted by atomic mass is 19.1. The molecule has 0 aliphatic heterocycles. The highest BCUT2D eigenvalue weighted by Crippen LogP contribution is 2.23. The maximum Gasteiger partial charge on any atom is 0.185 e. The Morgan fingerprint density at radius 1 is 1.32 bits per heavy atom. The molecule has 0 unspecified atom stereocenters. The minimum atomic E-state index is -0.366. The molecule has 0 spiro atoms. The average molecular weight is 263 g/mol. The number of aromatic nitrogens is 4. The molecular formula is C13H18FN5. The first-order valence-corrected chi connectivity index (χ1v) is 6.47. The van der Waals surface area contributed by atoms with Crippen LogP contribution in [0.15, 0.2) is 18.2 Å². The Kier molecular flexibility index (Phi) is 4.09. The minimum absolute atomic E-state index is 0.343. The predicted octanol–water partition coefficient (Wildman–Crippen LogP) is 2.50. The topological polar surface area (TPSA) is 69.6 Å². The summed E-state index contributed by atoms with van der Waals surface area (Å²) in [6.07, 6.45) is 2.07. The van der Waals surface area contributed by atoms with Gasteiger partial charge in [-0.3, -0.25) is 0 Å². The van der Waals surface area contributed by atoms with E-state index in [4.69, 9.17) is 5.73 Å². The number of nitrogen functional groups attached to an aromatic ring is 1. The third kappa shape index (κ3) is 2.89. The first-order valence-electron chi connectivity index (χ1n) is 6.47. The number of tetrazole rings is 1. The zero-order valence-electron chi connectivity index (χ0n) is 11.2. The number of benzene rings is 1. The van der Waals surface area contributed by atoms with Crippen LogP contribution in [-0.2, 0) is 6.54 Å². The number of hydrogen-bond acceptors (Lipinski definition) is 4. The second kappa shape index (κ2) is 5.77. The van der Waals surface area contributed by atoms with Gasteiger partial charge in [-0.1, -0.05) is 26.7 Å². The standard InChI is InChI=1S/C13H18FN5/c1-3-9(4-2)8-19-13(16-17-18-19)11-7-10(15)5-6-12(11)14/h5-7,9H,3-4,8,15H2,1-2H3. The molecule has 0 aliphatic rings. The Bertz CT molecular complexity index is 548. The lowest BCUT2D eigenvalue weighted by atomic mass is 10.0. The molecule has 5 nitrogen and oxygen atoms in total. The molecule has 0 saturated carbocycles. The fourth-order valence-electron chi connectivity index (χ4n) is 2.03. The summed E-state index contributed by atoms with van der Waals surface area (Å²) in [5.74, 6) is 0.540. The molecule has 0 radical (unpaired) electrons. The van der Waals surface area contributed by atoms with E-state index in [0.717, 1.165) is 12.8 Å².